The van der Waals surface area contributed by atoms with Crippen molar-refractivity contribution >= 4 is 41.7 Å². The summed E-state index contributed by atoms with van der Waals surface area (Å²) in [6, 6.07) is 16.0. The summed E-state index contributed by atoms with van der Waals surface area (Å²) in [4.78, 5) is 67.0. The molecule has 0 saturated heterocycles. The molecule has 0 atom stereocenters. The molecule has 0 unspecified atom stereocenters. The van der Waals surface area contributed by atoms with Crippen LogP contribution in [-0.4, -0.2) is 48.8 Å². The summed E-state index contributed by atoms with van der Waals surface area (Å²) >= 11 is 0. The molecule has 0 spiro atoms. The van der Waals surface area contributed by atoms with Crippen molar-refractivity contribution in [2.24, 2.45) is 5.73 Å². The molecule has 0 heterocycles. The minimum atomic E-state index is -0.892. The van der Waals surface area contributed by atoms with Gasteiger partial charge in [-0.2, -0.15) is 5.48 Å². The van der Waals surface area contributed by atoms with Crippen molar-refractivity contribution in [3.05, 3.63) is 106 Å². The van der Waals surface area contributed by atoms with Crippen LogP contribution in [-0.2, 0) is 19.1 Å². The van der Waals surface area contributed by atoms with Crippen molar-refractivity contribution < 1.29 is 43.0 Å². The van der Waals surface area contributed by atoms with Crippen LogP contribution in [0.25, 0.3) is 6.08 Å². The number of nitrogen functional groups attached to an aromatic ring is 1. The Balaban J connectivity index is 1.64. The third-order valence-electron chi connectivity index (χ3n) is 5.68. The van der Waals surface area contributed by atoms with Gasteiger partial charge in [0.25, 0.3) is 5.91 Å². The molecular weight excluding hydrogens is 558 g/mol. The Kier molecular flexibility index (Phi) is 10.9. The Morgan fingerprint density at radius 3 is 1.77 bits per heavy atom. The summed E-state index contributed by atoms with van der Waals surface area (Å²) in [5.74, 6) is -3.70. The lowest BCUT2D eigenvalue weighted by atomic mass is 10.1. The largest absolute Gasteiger partial charge is 0.462 e. The molecule has 12 heteroatoms. The van der Waals surface area contributed by atoms with Crippen molar-refractivity contribution in [3.8, 4) is 5.75 Å². The fourth-order valence-electron chi connectivity index (χ4n) is 3.55. The van der Waals surface area contributed by atoms with Crippen molar-refractivity contribution in [3.63, 3.8) is 0 Å². The molecule has 0 aromatic heterocycles. The number of hydroxylamine groups is 1. The number of hydrogen-bond acceptors (Lipinski definition) is 10. The Morgan fingerprint density at radius 1 is 0.744 bits per heavy atom. The maximum atomic E-state index is 12.7. The monoisotopic (exact) mass is 587 g/mol. The fraction of sp³-hybridized carbons (Fsp3) is 0.161. The van der Waals surface area contributed by atoms with Gasteiger partial charge in [-0.15, -0.1) is 0 Å². The zero-order valence-corrected chi connectivity index (χ0v) is 23.6. The zero-order valence-electron chi connectivity index (χ0n) is 23.6. The molecule has 3 aromatic carbocycles. The van der Waals surface area contributed by atoms with E-state index >= 15 is 0 Å². The predicted molar refractivity (Wildman–Crippen MR) is 154 cm³/mol. The lowest BCUT2D eigenvalue weighted by molar-refractivity contribution is -0.144. The SMILES string of the molecule is CCOC(=O)c1cc(C(=O)NOC(=O)C(C)=Cc2ccc(C(=O)Oc3ccc(C(=N)N)cc3)cc2)cc(C(=O)OCC)c1. The Morgan fingerprint density at radius 2 is 1.26 bits per heavy atom. The minimum Gasteiger partial charge on any atom is -0.462 e. The Bertz CT molecular complexity index is 1540. The van der Waals surface area contributed by atoms with Gasteiger partial charge in [0.1, 0.15) is 11.6 Å². The Hall–Kier alpha value is -5.78. The third-order valence-corrected chi connectivity index (χ3v) is 5.68. The van der Waals surface area contributed by atoms with Gasteiger partial charge in [-0.1, -0.05) is 12.1 Å². The highest BCUT2D eigenvalue weighted by Gasteiger charge is 2.19. The second-order valence-electron chi connectivity index (χ2n) is 8.84. The van der Waals surface area contributed by atoms with E-state index in [0.29, 0.717) is 11.1 Å². The molecule has 0 aliphatic carbocycles. The van der Waals surface area contributed by atoms with Gasteiger partial charge in [0.15, 0.2) is 0 Å². The highest BCUT2D eigenvalue weighted by atomic mass is 16.7. The molecule has 12 nitrogen and oxygen atoms in total. The topological polar surface area (TPSA) is 184 Å². The van der Waals surface area contributed by atoms with E-state index in [9.17, 15) is 24.0 Å². The molecule has 43 heavy (non-hydrogen) atoms. The fourth-order valence-corrected chi connectivity index (χ4v) is 3.55. The second-order valence-corrected chi connectivity index (χ2v) is 8.84. The summed E-state index contributed by atoms with van der Waals surface area (Å²) in [6.07, 6.45) is 1.48. The second kappa shape index (κ2) is 14.7. The van der Waals surface area contributed by atoms with Crippen LogP contribution in [0.5, 0.6) is 5.75 Å². The molecule has 4 N–H and O–H groups in total. The molecule has 0 fully saturated rings. The van der Waals surface area contributed by atoms with Crippen molar-refractivity contribution in [1.29, 1.82) is 5.41 Å². The first-order valence-electron chi connectivity index (χ1n) is 13.0. The highest BCUT2D eigenvalue weighted by Crippen LogP contribution is 2.17. The van der Waals surface area contributed by atoms with E-state index in [2.05, 4.69) is 0 Å². The summed E-state index contributed by atoms with van der Waals surface area (Å²) in [5.41, 5.74) is 8.60. The third kappa shape index (κ3) is 8.85. The summed E-state index contributed by atoms with van der Waals surface area (Å²) in [5, 5.41) is 7.41. The van der Waals surface area contributed by atoms with E-state index in [1.54, 1.807) is 38.1 Å². The number of nitrogens with two attached hydrogens (primary N) is 1. The average Bonchev–Trinajstić information content (AvgIpc) is 3.00. The maximum absolute atomic E-state index is 12.7. The minimum absolute atomic E-state index is 0.0572. The van der Waals surface area contributed by atoms with Crippen LogP contribution < -0.4 is 16.0 Å². The first-order valence-corrected chi connectivity index (χ1v) is 13.0. The molecule has 0 saturated carbocycles. The van der Waals surface area contributed by atoms with Crippen LogP contribution in [0.1, 0.15) is 73.3 Å². The molecule has 1 amide bonds. The predicted octanol–water partition coefficient (Wildman–Crippen LogP) is 3.83. The van der Waals surface area contributed by atoms with Crippen LogP contribution in [0.4, 0.5) is 0 Å². The molecule has 0 radical (unpaired) electrons. The molecule has 0 aliphatic heterocycles. The van der Waals surface area contributed by atoms with Gasteiger partial charge in [0, 0.05) is 16.7 Å². The standard InChI is InChI=1S/C31H29N3O9/c1-4-40-29(37)23-15-22(16-24(17-23)30(38)41-5-2)27(35)34-43-28(36)18(3)14-19-6-8-21(9-7-19)31(39)42-25-12-10-20(11-13-25)26(32)33/h6-17H,4-5H2,1-3H3,(H3,32,33)(H,34,35). The van der Waals surface area contributed by atoms with Gasteiger partial charge >= 0.3 is 23.9 Å². The molecule has 3 aromatic rings. The molecular formula is C31H29N3O9. The molecule has 0 bridgehead atoms. The molecule has 3 rings (SSSR count). The van der Waals surface area contributed by atoms with E-state index < -0.39 is 29.8 Å². The number of amides is 1. The van der Waals surface area contributed by atoms with Crippen LogP contribution in [0.2, 0.25) is 0 Å². The van der Waals surface area contributed by atoms with Crippen molar-refractivity contribution in [1.82, 2.24) is 5.48 Å². The van der Waals surface area contributed by atoms with Crippen LogP contribution in [0.3, 0.4) is 0 Å². The van der Waals surface area contributed by atoms with Crippen molar-refractivity contribution in [2.45, 2.75) is 20.8 Å². The number of carbonyl (C=O) groups excluding carboxylic acids is 5. The van der Waals surface area contributed by atoms with Gasteiger partial charge in [-0.3, -0.25) is 10.2 Å². The van der Waals surface area contributed by atoms with Crippen LogP contribution >= 0.6 is 0 Å². The maximum Gasteiger partial charge on any atom is 0.358 e. The lowest BCUT2D eigenvalue weighted by Crippen LogP contribution is -2.28. The van der Waals surface area contributed by atoms with Crippen molar-refractivity contribution in [2.75, 3.05) is 13.2 Å². The highest BCUT2D eigenvalue weighted by molar-refractivity contribution is 6.02. The number of rotatable bonds is 10. The zero-order chi connectivity index (χ0) is 31.5. The van der Waals surface area contributed by atoms with Gasteiger partial charge in [-0.25, -0.2) is 19.2 Å². The summed E-state index contributed by atoms with van der Waals surface area (Å²) in [6.45, 7) is 4.84. The smallest absolute Gasteiger partial charge is 0.358 e. The molecule has 222 valence electrons. The van der Waals surface area contributed by atoms with E-state index in [-0.39, 0.29) is 52.6 Å². The number of nitrogens with one attached hydrogen (secondary N) is 2. The number of carbonyl (C=O) groups is 5. The number of esters is 3. The molecule has 0 aliphatic rings. The summed E-state index contributed by atoms with van der Waals surface area (Å²) in [7, 11) is 0. The van der Waals surface area contributed by atoms with E-state index in [1.165, 1.54) is 55.5 Å². The van der Waals surface area contributed by atoms with E-state index in [1.807, 2.05) is 5.48 Å². The number of amidine groups is 1. The average molecular weight is 588 g/mol. The quantitative estimate of drug-likeness (QED) is 0.0599. The van der Waals surface area contributed by atoms with Gasteiger partial charge < -0.3 is 24.8 Å². The van der Waals surface area contributed by atoms with Gasteiger partial charge in [-0.05, 0) is 87.0 Å². The van der Waals surface area contributed by atoms with Crippen LogP contribution in [0.15, 0.2) is 72.3 Å². The van der Waals surface area contributed by atoms with Crippen LogP contribution in [0, 0.1) is 5.41 Å². The normalized spacial score (nSPS) is 10.7. The number of hydrogen-bond donors (Lipinski definition) is 3. The number of benzene rings is 3. The van der Waals surface area contributed by atoms with E-state index in [4.69, 9.17) is 30.2 Å². The summed E-state index contributed by atoms with van der Waals surface area (Å²) < 4.78 is 15.2. The first-order chi connectivity index (χ1) is 20.5. The van der Waals surface area contributed by atoms with Gasteiger partial charge in [0.05, 0.1) is 29.9 Å². The number of ether oxygens (including phenoxy) is 3. The van der Waals surface area contributed by atoms with Gasteiger partial charge in [0.2, 0.25) is 0 Å². The lowest BCUT2D eigenvalue weighted by Gasteiger charge is -2.10. The van der Waals surface area contributed by atoms with E-state index in [0.717, 1.165) is 0 Å². The Labute approximate surface area is 246 Å². The first kappa shape index (κ1) is 31.7.